The van der Waals surface area contributed by atoms with Crippen LogP contribution in [0.25, 0.3) is 0 Å². The van der Waals surface area contributed by atoms with Crippen LogP contribution in [0.3, 0.4) is 0 Å². The largest absolute Gasteiger partial charge is 0.497 e. The van der Waals surface area contributed by atoms with E-state index in [1.165, 1.54) is 0 Å². The van der Waals surface area contributed by atoms with Crippen molar-refractivity contribution >= 4 is 20.9 Å². The van der Waals surface area contributed by atoms with E-state index in [1.54, 1.807) is 19.2 Å². The molecule has 10 heteroatoms. The highest BCUT2D eigenvalue weighted by molar-refractivity contribution is 7.72. The van der Waals surface area contributed by atoms with Crippen LogP contribution in [-0.4, -0.2) is 44.7 Å². The van der Waals surface area contributed by atoms with Crippen LogP contribution in [0.15, 0.2) is 24.3 Å². The normalized spacial score (nSPS) is 26.4. The lowest BCUT2D eigenvalue weighted by atomic mass is 9.88. The number of nitrogens with zero attached hydrogens (tertiary/aromatic N) is 1. The summed E-state index contributed by atoms with van der Waals surface area (Å²) >= 11 is 0. The van der Waals surface area contributed by atoms with Gasteiger partial charge in [-0.2, -0.15) is 0 Å². The Bertz CT molecular complexity index is 704. The van der Waals surface area contributed by atoms with Gasteiger partial charge in [-0.15, -0.1) is 0 Å². The molecule has 0 bridgehead atoms. The maximum absolute atomic E-state index is 12.2. The Morgan fingerprint density at radius 1 is 1.08 bits per heavy atom. The zero-order valence-electron chi connectivity index (χ0n) is 13.9. The van der Waals surface area contributed by atoms with E-state index in [1.807, 2.05) is 17.0 Å². The summed E-state index contributed by atoms with van der Waals surface area (Å²) in [5, 5.41) is 0. The molecular formula is C15H23NO7P2. The Kier molecular flexibility index (Phi) is 4.82. The summed E-state index contributed by atoms with van der Waals surface area (Å²) in [7, 11) is -8.43. The highest BCUT2D eigenvalue weighted by Crippen LogP contribution is 2.78. The molecule has 0 amide bonds. The Morgan fingerprint density at radius 2 is 1.68 bits per heavy atom. The molecule has 1 saturated carbocycles. The smallest absolute Gasteiger partial charge is 0.344 e. The molecule has 1 saturated heterocycles. The van der Waals surface area contributed by atoms with Crippen LogP contribution in [0.1, 0.15) is 19.3 Å². The fourth-order valence-electron chi connectivity index (χ4n) is 4.37. The summed E-state index contributed by atoms with van der Waals surface area (Å²) in [5.41, 5.74) is 0.844. The predicted molar refractivity (Wildman–Crippen MR) is 92.9 cm³/mol. The maximum atomic E-state index is 12.2. The molecular weight excluding hydrogens is 368 g/mol. The van der Waals surface area contributed by atoms with Crippen molar-refractivity contribution in [2.24, 2.45) is 11.8 Å². The molecule has 2 fully saturated rings. The van der Waals surface area contributed by atoms with E-state index in [0.29, 0.717) is 25.1 Å². The first-order valence-corrected chi connectivity index (χ1v) is 11.3. The fourth-order valence-corrected chi connectivity index (χ4v) is 8.02. The topological polar surface area (TPSA) is 128 Å². The number of anilines is 1. The standard InChI is InChI=1S/C15H23NO7P2/c1-23-13-4-2-12(3-5-13)16-9-7-11-6-8-15(14(11)10-16,24(17,18)19)25(20,21)22/h2-5,11,14H,6-10H2,1H3,(H2,17,18,19)(H2,20,21,22). The second-order valence-electron chi connectivity index (χ2n) is 6.80. The van der Waals surface area contributed by atoms with Crippen LogP contribution < -0.4 is 9.64 Å². The SMILES string of the molecule is COc1ccc(N2CCC3CCC(P(=O)(O)O)(P(=O)(O)O)C3C2)cc1. The van der Waals surface area contributed by atoms with Gasteiger partial charge in [0, 0.05) is 24.7 Å². The van der Waals surface area contributed by atoms with Gasteiger partial charge in [-0.05, 0) is 49.4 Å². The average molecular weight is 391 g/mol. The molecule has 2 unspecified atom stereocenters. The van der Waals surface area contributed by atoms with Gasteiger partial charge in [0.05, 0.1) is 7.11 Å². The van der Waals surface area contributed by atoms with Gasteiger partial charge in [-0.25, -0.2) is 0 Å². The Hall–Kier alpha value is -0.880. The van der Waals surface area contributed by atoms with Gasteiger partial charge in [0.15, 0.2) is 4.90 Å². The molecule has 1 aliphatic carbocycles. The zero-order chi connectivity index (χ0) is 18.5. The minimum Gasteiger partial charge on any atom is -0.497 e. The minimum atomic E-state index is -5.00. The lowest BCUT2D eigenvalue weighted by Gasteiger charge is -2.44. The third kappa shape index (κ3) is 3.05. The average Bonchev–Trinajstić information content (AvgIpc) is 2.94. The number of hydrogen-bond acceptors (Lipinski definition) is 4. The summed E-state index contributed by atoms with van der Waals surface area (Å²) in [4.78, 5) is 39.1. The first-order valence-electron chi connectivity index (χ1n) is 8.10. The van der Waals surface area contributed by atoms with Crippen LogP contribution in [0.4, 0.5) is 5.69 Å². The van der Waals surface area contributed by atoms with Crippen LogP contribution in [-0.2, 0) is 9.13 Å². The maximum Gasteiger partial charge on any atom is 0.344 e. The monoisotopic (exact) mass is 391 g/mol. The van der Waals surface area contributed by atoms with Crippen molar-refractivity contribution in [1.29, 1.82) is 0 Å². The van der Waals surface area contributed by atoms with Gasteiger partial charge in [0.2, 0.25) is 0 Å². The lowest BCUT2D eigenvalue weighted by Crippen LogP contribution is -2.47. The van der Waals surface area contributed by atoms with Crippen molar-refractivity contribution in [2.45, 2.75) is 24.2 Å². The van der Waals surface area contributed by atoms with Gasteiger partial charge in [-0.3, -0.25) is 9.13 Å². The molecule has 1 heterocycles. The number of piperidine rings is 1. The summed E-state index contributed by atoms with van der Waals surface area (Å²) < 4.78 is 29.4. The first kappa shape index (κ1) is 18.9. The third-order valence-electron chi connectivity index (χ3n) is 5.68. The zero-order valence-corrected chi connectivity index (χ0v) is 15.6. The Balaban J connectivity index is 1.94. The van der Waals surface area contributed by atoms with Gasteiger partial charge in [0.1, 0.15) is 5.75 Å². The summed E-state index contributed by atoms with van der Waals surface area (Å²) in [6.45, 7) is 0.902. The molecule has 2 aliphatic rings. The van der Waals surface area contributed by atoms with Gasteiger partial charge in [-0.1, -0.05) is 0 Å². The molecule has 4 N–H and O–H groups in total. The molecule has 8 nitrogen and oxygen atoms in total. The predicted octanol–water partition coefficient (Wildman–Crippen LogP) is 1.98. The highest BCUT2D eigenvalue weighted by atomic mass is 31.2. The molecule has 0 aromatic heterocycles. The third-order valence-corrected chi connectivity index (χ3v) is 10.4. The van der Waals surface area contributed by atoms with Gasteiger partial charge >= 0.3 is 15.2 Å². The number of ether oxygens (including phenoxy) is 1. The molecule has 3 rings (SSSR count). The van der Waals surface area contributed by atoms with Crippen molar-refractivity contribution in [2.75, 3.05) is 25.1 Å². The second kappa shape index (κ2) is 6.38. The number of rotatable bonds is 4. The van der Waals surface area contributed by atoms with Crippen molar-refractivity contribution in [3.8, 4) is 5.75 Å². The quantitative estimate of drug-likeness (QED) is 0.574. The van der Waals surface area contributed by atoms with E-state index in [0.717, 1.165) is 5.69 Å². The van der Waals surface area contributed by atoms with E-state index in [2.05, 4.69) is 0 Å². The molecule has 25 heavy (non-hydrogen) atoms. The van der Waals surface area contributed by atoms with Crippen molar-refractivity contribution in [1.82, 2.24) is 0 Å². The minimum absolute atomic E-state index is 0.0882. The van der Waals surface area contributed by atoms with E-state index in [9.17, 15) is 28.7 Å². The van der Waals surface area contributed by atoms with Crippen LogP contribution in [0.5, 0.6) is 5.75 Å². The first-order chi connectivity index (χ1) is 11.6. The van der Waals surface area contributed by atoms with E-state index in [4.69, 9.17) is 4.74 Å². The molecule has 1 aromatic carbocycles. The second-order valence-corrected chi connectivity index (χ2v) is 10.9. The molecule has 1 aromatic rings. The van der Waals surface area contributed by atoms with E-state index >= 15 is 0 Å². The van der Waals surface area contributed by atoms with Crippen LogP contribution in [0.2, 0.25) is 0 Å². The van der Waals surface area contributed by atoms with Crippen molar-refractivity contribution in [3.63, 3.8) is 0 Å². The summed E-state index contributed by atoms with van der Waals surface area (Å²) in [5.74, 6) is -0.140. The number of methoxy groups -OCH3 is 1. The Labute approximate surface area is 146 Å². The van der Waals surface area contributed by atoms with Crippen LogP contribution >= 0.6 is 15.2 Å². The lowest BCUT2D eigenvalue weighted by molar-refractivity contribution is 0.247. The van der Waals surface area contributed by atoms with Gasteiger partial charge < -0.3 is 29.2 Å². The number of fused-ring (bicyclic) bond motifs is 1. The highest BCUT2D eigenvalue weighted by Gasteiger charge is 2.69. The Morgan fingerprint density at radius 3 is 2.20 bits per heavy atom. The molecule has 1 aliphatic heterocycles. The molecule has 0 spiro atoms. The molecule has 0 radical (unpaired) electrons. The molecule has 2 atom stereocenters. The van der Waals surface area contributed by atoms with Crippen molar-refractivity contribution in [3.05, 3.63) is 24.3 Å². The fraction of sp³-hybridized carbons (Fsp3) is 0.600. The van der Waals surface area contributed by atoms with Crippen LogP contribution in [0, 0.1) is 11.8 Å². The summed E-state index contributed by atoms with van der Waals surface area (Å²) in [6.07, 6.45) is 0.934. The van der Waals surface area contributed by atoms with Crippen molar-refractivity contribution < 1.29 is 33.4 Å². The number of hydrogen-bond donors (Lipinski definition) is 4. The summed E-state index contributed by atoms with van der Waals surface area (Å²) in [6, 6.07) is 7.25. The van der Waals surface area contributed by atoms with Gasteiger partial charge in [0.25, 0.3) is 0 Å². The van der Waals surface area contributed by atoms with E-state index < -0.39 is 26.0 Å². The number of benzene rings is 1. The molecule has 140 valence electrons. The van der Waals surface area contributed by atoms with E-state index in [-0.39, 0.29) is 18.9 Å².